The van der Waals surface area contributed by atoms with Crippen LogP contribution in [0.15, 0.2) is 60.2 Å². The van der Waals surface area contributed by atoms with Crippen molar-refractivity contribution in [1.82, 2.24) is 14.6 Å². The van der Waals surface area contributed by atoms with E-state index in [9.17, 15) is 0 Å². The molecule has 0 N–H and O–H groups in total. The lowest BCUT2D eigenvalue weighted by Crippen LogP contribution is -2.19. The zero-order chi connectivity index (χ0) is 18.4. The van der Waals surface area contributed by atoms with Gasteiger partial charge in [0.2, 0.25) is 0 Å². The highest BCUT2D eigenvalue weighted by atomic mass is 16.5. The molecule has 0 amide bonds. The van der Waals surface area contributed by atoms with Gasteiger partial charge in [0.05, 0.1) is 12.2 Å². The van der Waals surface area contributed by atoms with Crippen LogP contribution in [0.4, 0.5) is 0 Å². The van der Waals surface area contributed by atoms with E-state index in [1.807, 2.05) is 43.1 Å². The minimum absolute atomic E-state index is 0.707. The highest BCUT2D eigenvalue weighted by Gasteiger charge is 2.17. The van der Waals surface area contributed by atoms with Gasteiger partial charge in [-0.15, -0.1) is 0 Å². The number of imidazole rings is 1. The van der Waals surface area contributed by atoms with Crippen molar-refractivity contribution in [2.45, 2.75) is 26.2 Å². The fourth-order valence-electron chi connectivity index (χ4n) is 2.94. The topological polar surface area (TPSA) is 42.6 Å². The van der Waals surface area contributed by atoms with Gasteiger partial charge in [-0.1, -0.05) is 50.1 Å². The lowest BCUT2D eigenvalue weighted by Gasteiger charge is -2.18. The zero-order valence-electron chi connectivity index (χ0n) is 15.7. The molecule has 0 radical (unpaired) electrons. The number of hydrogen-bond acceptors (Lipinski definition) is 4. The molecule has 1 heterocycles. The van der Waals surface area contributed by atoms with Crippen LogP contribution >= 0.6 is 0 Å². The maximum Gasteiger partial charge on any atom is 0.169 e. The zero-order valence-corrected chi connectivity index (χ0v) is 15.7. The van der Waals surface area contributed by atoms with Crippen molar-refractivity contribution in [1.29, 1.82) is 0 Å². The summed E-state index contributed by atoms with van der Waals surface area (Å²) in [4.78, 5) is 4.19. The Kier molecular flexibility index (Phi) is 5.89. The van der Waals surface area contributed by atoms with Crippen molar-refractivity contribution in [2.24, 2.45) is 5.10 Å². The van der Waals surface area contributed by atoms with Gasteiger partial charge < -0.3 is 9.75 Å². The first-order valence-electron chi connectivity index (χ1n) is 9.10. The predicted molar refractivity (Wildman–Crippen MR) is 107 cm³/mol. The lowest BCUT2D eigenvalue weighted by molar-refractivity contribution is 0.306. The molecular formula is C21H26N4O. The fraction of sp³-hybridized carbons (Fsp3) is 0.333. The van der Waals surface area contributed by atoms with Gasteiger partial charge in [0.15, 0.2) is 5.84 Å². The number of fused-ring (bicyclic) bond motifs is 1. The van der Waals surface area contributed by atoms with Gasteiger partial charge in [0.25, 0.3) is 0 Å². The number of hydrazone groups is 1. The second-order valence-corrected chi connectivity index (χ2v) is 6.46. The Hall–Kier alpha value is -2.82. The Morgan fingerprint density at radius 2 is 2.00 bits per heavy atom. The van der Waals surface area contributed by atoms with E-state index < -0.39 is 0 Å². The van der Waals surface area contributed by atoms with Crippen LogP contribution in [0.1, 0.15) is 31.7 Å². The number of rotatable bonds is 7. The molecule has 0 aliphatic rings. The van der Waals surface area contributed by atoms with Crippen LogP contribution < -0.4 is 4.74 Å². The minimum atomic E-state index is 0.707. The number of unbranched alkanes of at least 4 members (excludes halogenated alkanes) is 2. The summed E-state index contributed by atoms with van der Waals surface area (Å²) < 4.78 is 8.11. The standard InChI is InChI=1S/C21H26N4O/c1-4-5-8-15-26-19-12-11-17-9-6-7-10-18(17)20(19)21(23-24(2)3)25-14-13-22-16-25/h6-7,9-14,16H,4-5,8,15H2,1-3H3/b23-21-. The maximum atomic E-state index is 6.17. The van der Waals surface area contributed by atoms with E-state index in [4.69, 9.17) is 9.84 Å². The van der Waals surface area contributed by atoms with Crippen LogP contribution in [-0.2, 0) is 0 Å². The number of ether oxygens (including phenoxy) is 1. The van der Waals surface area contributed by atoms with E-state index in [1.54, 1.807) is 17.5 Å². The van der Waals surface area contributed by atoms with Gasteiger partial charge in [-0.3, -0.25) is 4.57 Å². The highest BCUT2D eigenvalue weighted by Crippen LogP contribution is 2.30. The Morgan fingerprint density at radius 1 is 1.15 bits per heavy atom. The SMILES string of the molecule is CCCCCOc1ccc2ccccc2c1/C(=N/N(C)C)n1ccnc1. The molecule has 2 aromatic carbocycles. The van der Waals surface area contributed by atoms with E-state index in [-0.39, 0.29) is 0 Å². The van der Waals surface area contributed by atoms with Crippen molar-refractivity contribution >= 4 is 16.6 Å². The molecule has 0 fully saturated rings. The first kappa shape index (κ1) is 18.0. The molecule has 0 spiro atoms. The van der Waals surface area contributed by atoms with Crippen LogP contribution in [0.2, 0.25) is 0 Å². The Bertz CT molecular complexity index is 869. The lowest BCUT2D eigenvalue weighted by atomic mass is 10.0. The molecule has 5 nitrogen and oxygen atoms in total. The third-order valence-electron chi connectivity index (χ3n) is 4.16. The summed E-state index contributed by atoms with van der Waals surface area (Å²) in [5.41, 5.74) is 0.992. The molecule has 3 aromatic rings. The van der Waals surface area contributed by atoms with Crippen molar-refractivity contribution in [2.75, 3.05) is 20.7 Å². The summed E-state index contributed by atoms with van der Waals surface area (Å²) in [6.45, 7) is 2.90. The Labute approximate surface area is 154 Å². The van der Waals surface area contributed by atoms with Crippen LogP contribution in [0.25, 0.3) is 10.8 Å². The van der Waals surface area contributed by atoms with E-state index in [0.29, 0.717) is 6.61 Å². The summed E-state index contributed by atoms with van der Waals surface area (Å²) in [5.74, 6) is 1.66. The molecule has 0 aliphatic carbocycles. The fourth-order valence-corrected chi connectivity index (χ4v) is 2.94. The molecule has 0 atom stereocenters. The average molecular weight is 350 g/mol. The number of hydrogen-bond donors (Lipinski definition) is 0. The highest BCUT2D eigenvalue weighted by molar-refractivity contribution is 6.12. The first-order chi connectivity index (χ1) is 12.7. The number of benzene rings is 2. The summed E-state index contributed by atoms with van der Waals surface area (Å²) >= 11 is 0. The third-order valence-corrected chi connectivity index (χ3v) is 4.16. The Balaban J connectivity index is 2.13. The molecule has 0 saturated carbocycles. The van der Waals surface area contributed by atoms with E-state index in [0.717, 1.165) is 34.3 Å². The second-order valence-electron chi connectivity index (χ2n) is 6.46. The first-order valence-corrected chi connectivity index (χ1v) is 9.10. The molecule has 0 bridgehead atoms. The van der Waals surface area contributed by atoms with Crippen molar-refractivity contribution in [3.8, 4) is 5.75 Å². The largest absolute Gasteiger partial charge is 0.493 e. The molecule has 0 aliphatic heterocycles. The molecular weight excluding hydrogens is 324 g/mol. The summed E-state index contributed by atoms with van der Waals surface area (Å²) in [5, 5.41) is 8.82. The molecule has 0 saturated heterocycles. The van der Waals surface area contributed by atoms with Gasteiger partial charge in [0.1, 0.15) is 12.1 Å². The van der Waals surface area contributed by atoms with Crippen LogP contribution in [0.3, 0.4) is 0 Å². The molecule has 136 valence electrons. The monoisotopic (exact) mass is 350 g/mol. The van der Waals surface area contributed by atoms with Crippen LogP contribution in [0, 0.1) is 0 Å². The van der Waals surface area contributed by atoms with Gasteiger partial charge in [-0.25, -0.2) is 4.98 Å². The smallest absolute Gasteiger partial charge is 0.169 e. The number of nitrogens with zero attached hydrogens (tertiary/aromatic N) is 4. The second kappa shape index (κ2) is 8.52. The van der Waals surface area contributed by atoms with Gasteiger partial charge in [-0.2, -0.15) is 5.10 Å². The molecule has 0 unspecified atom stereocenters. The molecule has 26 heavy (non-hydrogen) atoms. The van der Waals surface area contributed by atoms with Gasteiger partial charge in [-0.05, 0) is 23.3 Å². The quantitative estimate of drug-likeness (QED) is 0.275. The summed E-state index contributed by atoms with van der Waals surface area (Å²) in [6.07, 6.45) is 8.83. The summed E-state index contributed by atoms with van der Waals surface area (Å²) in [7, 11) is 3.84. The van der Waals surface area contributed by atoms with Crippen LogP contribution in [-0.4, -0.2) is 41.1 Å². The normalized spacial score (nSPS) is 11.7. The van der Waals surface area contributed by atoms with Crippen molar-refractivity contribution in [3.63, 3.8) is 0 Å². The van der Waals surface area contributed by atoms with E-state index in [2.05, 4.69) is 30.1 Å². The molecule has 5 heteroatoms. The third kappa shape index (κ3) is 4.04. The van der Waals surface area contributed by atoms with Crippen molar-refractivity contribution in [3.05, 3.63) is 60.7 Å². The van der Waals surface area contributed by atoms with E-state index >= 15 is 0 Å². The predicted octanol–water partition coefficient (Wildman–Crippen LogP) is 4.38. The molecule has 1 aromatic heterocycles. The van der Waals surface area contributed by atoms with Crippen molar-refractivity contribution < 1.29 is 4.74 Å². The van der Waals surface area contributed by atoms with Crippen LogP contribution in [0.5, 0.6) is 5.75 Å². The maximum absolute atomic E-state index is 6.17. The molecule has 3 rings (SSSR count). The van der Waals surface area contributed by atoms with Gasteiger partial charge >= 0.3 is 0 Å². The summed E-state index contributed by atoms with van der Waals surface area (Å²) in [6, 6.07) is 12.5. The average Bonchev–Trinajstić information content (AvgIpc) is 3.17. The Morgan fingerprint density at radius 3 is 2.73 bits per heavy atom. The number of aromatic nitrogens is 2. The van der Waals surface area contributed by atoms with E-state index in [1.165, 1.54) is 12.8 Å². The minimum Gasteiger partial charge on any atom is -0.493 e. The van der Waals surface area contributed by atoms with Gasteiger partial charge in [0, 0.05) is 26.5 Å².